The van der Waals surface area contributed by atoms with E-state index in [4.69, 9.17) is 4.74 Å². The molecule has 1 aliphatic rings. The predicted octanol–water partition coefficient (Wildman–Crippen LogP) is 2.24. The number of hydrogen-bond donors (Lipinski definition) is 1. The van der Waals surface area contributed by atoms with Crippen molar-refractivity contribution in [3.63, 3.8) is 0 Å². The van der Waals surface area contributed by atoms with Gasteiger partial charge in [-0.1, -0.05) is 30.0 Å². The highest BCUT2D eigenvalue weighted by Crippen LogP contribution is 2.32. The monoisotopic (exact) mass is 357 g/mol. The largest absolute Gasteiger partial charge is 0.494 e. The maximum atomic E-state index is 12.3. The highest BCUT2D eigenvalue weighted by molar-refractivity contribution is 8.00. The lowest BCUT2D eigenvalue weighted by Crippen LogP contribution is -2.43. The first-order chi connectivity index (χ1) is 12.2. The summed E-state index contributed by atoms with van der Waals surface area (Å²) >= 11 is 1.39. The van der Waals surface area contributed by atoms with Gasteiger partial charge in [-0.2, -0.15) is 0 Å². The van der Waals surface area contributed by atoms with Gasteiger partial charge in [-0.3, -0.25) is 14.5 Å². The number of carbonyl (C=O) groups excluding carboxylic acids is 2. The van der Waals surface area contributed by atoms with Gasteiger partial charge in [0.25, 0.3) is 0 Å². The molecular weight excluding hydrogens is 338 g/mol. The fraction of sp³-hybridized carbons (Fsp3) is 0.278. The predicted molar refractivity (Wildman–Crippen MR) is 96.8 cm³/mol. The molecule has 0 radical (unpaired) electrons. The molecule has 1 aliphatic heterocycles. The Morgan fingerprint density at radius 3 is 3.00 bits per heavy atom. The highest BCUT2D eigenvalue weighted by Gasteiger charge is 2.27. The maximum Gasteiger partial charge on any atom is 0.240 e. The SMILES string of the molecule is CCOc1ccccc1CNC(=O)CN1C(=O)CSc2ncccc21. The van der Waals surface area contributed by atoms with Crippen LogP contribution in [-0.2, 0) is 16.1 Å². The number of carbonyl (C=O) groups is 2. The minimum Gasteiger partial charge on any atom is -0.494 e. The van der Waals surface area contributed by atoms with Crippen LogP contribution in [0.5, 0.6) is 5.75 Å². The van der Waals surface area contributed by atoms with Gasteiger partial charge in [-0.15, -0.1) is 0 Å². The number of nitrogens with zero attached hydrogens (tertiary/aromatic N) is 2. The van der Waals surface area contributed by atoms with Crippen LogP contribution in [0.4, 0.5) is 5.69 Å². The molecule has 25 heavy (non-hydrogen) atoms. The molecule has 3 rings (SSSR count). The summed E-state index contributed by atoms with van der Waals surface area (Å²) in [5.74, 6) is 0.742. The van der Waals surface area contributed by atoms with Gasteiger partial charge in [0.2, 0.25) is 11.8 Å². The van der Waals surface area contributed by atoms with Crippen LogP contribution in [0.25, 0.3) is 0 Å². The van der Waals surface area contributed by atoms with Crippen molar-refractivity contribution in [2.75, 3.05) is 23.8 Å². The molecule has 7 heteroatoms. The van der Waals surface area contributed by atoms with Crippen LogP contribution in [0.3, 0.4) is 0 Å². The van der Waals surface area contributed by atoms with E-state index < -0.39 is 0 Å². The zero-order valence-electron chi connectivity index (χ0n) is 13.9. The summed E-state index contributed by atoms with van der Waals surface area (Å²) in [6, 6.07) is 11.2. The van der Waals surface area contributed by atoms with Gasteiger partial charge in [0, 0.05) is 18.3 Å². The molecule has 130 valence electrons. The summed E-state index contributed by atoms with van der Waals surface area (Å²) in [6.07, 6.45) is 1.69. The number of amides is 2. The second kappa shape index (κ2) is 8.02. The van der Waals surface area contributed by atoms with Gasteiger partial charge < -0.3 is 10.1 Å². The molecule has 2 aromatic rings. The molecule has 0 bridgehead atoms. The van der Waals surface area contributed by atoms with Crippen molar-refractivity contribution < 1.29 is 14.3 Å². The van der Waals surface area contributed by atoms with E-state index in [-0.39, 0.29) is 18.4 Å². The number of nitrogens with one attached hydrogen (secondary N) is 1. The van der Waals surface area contributed by atoms with Crippen LogP contribution in [0.2, 0.25) is 0 Å². The zero-order valence-corrected chi connectivity index (χ0v) is 14.7. The second-order valence-electron chi connectivity index (χ2n) is 5.41. The van der Waals surface area contributed by atoms with Crippen LogP contribution >= 0.6 is 11.8 Å². The van der Waals surface area contributed by atoms with E-state index in [0.717, 1.165) is 16.3 Å². The second-order valence-corrected chi connectivity index (χ2v) is 6.38. The Balaban J connectivity index is 1.65. The van der Waals surface area contributed by atoms with Crippen molar-refractivity contribution in [1.82, 2.24) is 10.3 Å². The van der Waals surface area contributed by atoms with E-state index in [1.165, 1.54) is 16.7 Å². The maximum absolute atomic E-state index is 12.3. The number of para-hydroxylation sites is 1. The van der Waals surface area contributed by atoms with E-state index >= 15 is 0 Å². The Bertz CT molecular complexity index is 782. The number of aromatic nitrogens is 1. The Morgan fingerprint density at radius 2 is 2.16 bits per heavy atom. The topological polar surface area (TPSA) is 71.5 Å². The molecule has 0 unspecified atom stereocenters. The number of benzene rings is 1. The molecule has 1 aromatic carbocycles. The van der Waals surface area contributed by atoms with Gasteiger partial charge in [-0.05, 0) is 25.1 Å². The molecule has 2 amide bonds. The third kappa shape index (κ3) is 4.11. The summed E-state index contributed by atoms with van der Waals surface area (Å²) in [5.41, 5.74) is 1.59. The molecule has 6 nitrogen and oxygen atoms in total. The average Bonchev–Trinajstić information content (AvgIpc) is 2.64. The molecule has 0 aliphatic carbocycles. The molecular formula is C18H19N3O3S. The number of thioether (sulfide) groups is 1. The number of rotatable bonds is 6. The zero-order chi connectivity index (χ0) is 17.6. The number of hydrogen-bond acceptors (Lipinski definition) is 5. The van der Waals surface area contributed by atoms with Crippen molar-refractivity contribution in [3.8, 4) is 5.75 Å². The summed E-state index contributed by atoms with van der Waals surface area (Å²) < 4.78 is 5.56. The van der Waals surface area contributed by atoms with Crippen molar-refractivity contribution in [1.29, 1.82) is 0 Å². The Kier molecular flexibility index (Phi) is 5.55. The van der Waals surface area contributed by atoms with Crippen molar-refractivity contribution in [3.05, 3.63) is 48.2 Å². The van der Waals surface area contributed by atoms with Crippen LogP contribution in [0.1, 0.15) is 12.5 Å². The van der Waals surface area contributed by atoms with E-state index in [0.29, 0.717) is 24.6 Å². The fourth-order valence-corrected chi connectivity index (χ4v) is 3.43. The summed E-state index contributed by atoms with van der Waals surface area (Å²) in [7, 11) is 0. The summed E-state index contributed by atoms with van der Waals surface area (Å²) in [6.45, 7) is 2.82. The first-order valence-corrected chi connectivity index (χ1v) is 9.03. The van der Waals surface area contributed by atoms with Crippen LogP contribution in [0, 0.1) is 0 Å². The van der Waals surface area contributed by atoms with Crippen LogP contribution < -0.4 is 15.0 Å². The van der Waals surface area contributed by atoms with Crippen molar-refractivity contribution >= 4 is 29.3 Å². The average molecular weight is 357 g/mol. The molecule has 1 N–H and O–H groups in total. The molecule has 0 saturated heterocycles. The summed E-state index contributed by atoms with van der Waals surface area (Å²) in [4.78, 5) is 30.3. The Hall–Kier alpha value is -2.54. The number of anilines is 1. The minimum atomic E-state index is -0.221. The van der Waals surface area contributed by atoms with E-state index in [9.17, 15) is 9.59 Å². The lowest BCUT2D eigenvalue weighted by Gasteiger charge is -2.27. The third-order valence-electron chi connectivity index (χ3n) is 3.73. The molecule has 0 atom stereocenters. The normalized spacial score (nSPS) is 13.3. The summed E-state index contributed by atoms with van der Waals surface area (Å²) in [5, 5.41) is 3.63. The van der Waals surface area contributed by atoms with Gasteiger partial charge in [0.05, 0.1) is 18.0 Å². The van der Waals surface area contributed by atoms with Gasteiger partial charge in [0.1, 0.15) is 17.3 Å². The smallest absolute Gasteiger partial charge is 0.240 e. The van der Waals surface area contributed by atoms with Gasteiger partial charge >= 0.3 is 0 Å². The molecule has 2 heterocycles. The number of ether oxygens (including phenoxy) is 1. The van der Waals surface area contributed by atoms with Gasteiger partial charge in [0.15, 0.2) is 0 Å². The lowest BCUT2D eigenvalue weighted by molar-refractivity contribution is -0.123. The highest BCUT2D eigenvalue weighted by atomic mass is 32.2. The standard InChI is InChI=1S/C18H19N3O3S/c1-2-24-15-8-4-3-6-13(15)10-20-16(22)11-21-14-7-5-9-19-18(14)25-12-17(21)23/h3-9H,2,10-12H2,1H3,(H,20,22). The van der Waals surface area contributed by atoms with Crippen molar-refractivity contribution in [2.24, 2.45) is 0 Å². The van der Waals surface area contributed by atoms with E-state index in [2.05, 4.69) is 10.3 Å². The van der Waals surface area contributed by atoms with Crippen LogP contribution in [-0.4, -0.2) is 35.7 Å². The van der Waals surface area contributed by atoms with E-state index in [1.807, 2.05) is 37.3 Å². The molecule has 0 saturated carbocycles. The molecule has 1 aromatic heterocycles. The Morgan fingerprint density at radius 1 is 1.32 bits per heavy atom. The number of fused-ring (bicyclic) bond motifs is 1. The minimum absolute atomic E-state index is 0.0190. The quantitative estimate of drug-likeness (QED) is 0.858. The first-order valence-electron chi connectivity index (χ1n) is 8.04. The Labute approximate surface area is 150 Å². The first kappa shape index (κ1) is 17.3. The van der Waals surface area contributed by atoms with Crippen molar-refractivity contribution in [2.45, 2.75) is 18.5 Å². The third-order valence-corrected chi connectivity index (χ3v) is 4.70. The lowest BCUT2D eigenvalue weighted by atomic mass is 10.2. The van der Waals surface area contributed by atoms with E-state index in [1.54, 1.807) is 12.3 Å². The van der Waals surface area contributed by atoms with Crippen LogP contribution in [0.15, 0.2) is 47.6 Å². The fourth-order valence-electron chi connectivity index (χ4n) is 2.55. The number of pyridine rings is 1. The molecule has 0 fully saturated rings. The van der Waals surface area contributed by atoms with Gasteiger partial charge in [-0.25, -0.2) is 4.98 Å². The molecule has 0 spiro atoms.